The van der Waals surface area contributed by atoms with Gasteiger partial charge in [0.1, 0.15) is 0 Å². The fourth-order valence-electron chi connectivity index (χ4n) is 2.00. The molecule has 0 bridgehead atoms. The van der Waals surface area contributed by atoms with E-state index in [-0.39, 0.29) is 0 Å². The Morgan fingerprint density at radius 1 is 1.22 bits per heavy atom. The summed E-state index contributed by atoms with van der Waals surface area (Å²) in [5, 5.41) is 0. The van der Waals surface area contributed by atoms with E-state index in [1.807, 2.05) is 27.7 Å². The van der Waals surface area contributed by atoms with Crippen molar-refractivity contribution in [1.29, 1.82) is 0 Å². The Balaban J connectivity index is 1.95. The predicted molar refractivity (Wildman–Crippen MR) is 74.1 cm³/mol. The Morgan fingerprint density at radius 2 is 1.83 bits per heavy atom. The first-order chi connectivity index (χ1) is 10.3. The van der Waals surface area contributed by atoms with Gasteiger partial charge in [-0.1, -0.05) is 24.3 Å². The van der Waals surface area contributed by atoms with E-state index in [1.54, 1.807) is 24.3 Å². The van der Waals surface area contributed by atoms with Crippen LogP contribution in [0.1, 0.15) is 58.8 Å². The quantitative estimate of drug-likeness (QED) is 0.750. The van der Waals surface area contributed by atoms with E-state index in [0.717, 1.165) is 0 Å². The summed E-state index contributed by atoms with van der Waals surface area (Å²) in [5.74, 6) is -1.90. The normalized spacial score (nSPS) is 36.9. The summed E-state index contributed by atoms with van der Waals surface area (Å²) in [6, 6.07) is 6.70. The first-order valence-corrected chi connectivity index (χ1v) is 6.24. The molecule has 0 N–H and O–H groups in total. The van der Waals surface area contributed by atoms with Gasteiger partial charge in [0.25, 0.3) is 0 Å². The number of hydrogen-bond donors (Lipinski definition) is 0. The summed E-state index contributed by atoms with van der Waals surface area (Å²) in [7, 11) is -0.612. The van der Waals surface area contributed by atoms with Crippen LogP contribution in [0.15, 0.2) is 24.3 Å². The lowest BCUT2D eigenvalue weighted by molar-refractivity contribution is 0.00578. The molecule has 0 radical (unpaired) electrons. The topological polar surface area (TPSA) is 18.5 Å². The van der Waals surface area contributed by atoms with E-state index in [9.17, 15) is 0 Å². The molecule has 1 aromatic carbocycles. The van der Waals surface area contributed by atoms with Gasteiger partial charge in [0.2, 0.25) is 0 Å². The van der Waals surface area contributed by atoms with Crippen LogP contribution >= 0.6 is 0 Å². The highest BCUT2D eigenvalue weighted by atomic mass is 16.7. The summed E-state index contributed by atoms with van der Waals surface area (Å²) in [4.78, 5) is 0. The second-order valence-corrected chi connectivity index (χ2v) is 5.84. The Labute approximate surface area is 117 Å². The number of hydrogen-bond acceptors (Lipinski definition) is 2. The van der Waals surface area contributed by atoms with Gasteiger partial charge in [-0.2, -0.15) is 0 Å². The Hall–Kier alpha value is -0.795. The second kappa shape index (κ2) is 3.85. The van der Waals surface area contributed by atoms with Crippen molar-refractivity contribution in [3.8, 4) is 0 Å². The predicted octanol–water partition coefficient (Wildman–Crippen LogP) is 2.86. The summed E-state index contributed by atoms with van der Waals surface area (Å²) < 4.78 is 51.4. The molecule has 3 rings (SSSR count). The molecule has 2 aliphatic rings. The molecule has 1 heterocycles. The third-order valence-electron chi connectivity index (χ3n) is 3.95. The van der Waals surface area contributed by atoms with Gasteiger partial charge in [-0.05, 0) is 57.4 Å². The van der Waals surface area contributed by atoms with Gasteiger partial charge in [0, 0.05) is 6.85 Å². The van der Waals surface area contributed by atoms with Crippen molar-refractivity contribution < 1.29 is 16.2 Å². The van der Waals surface area contributed by atoms with Crippen LogP contribution in [0.4, 0.5) is 0 Å². The highest BCUT2D eigenvalue weighted by Crippen LogP contribution is 2.40. The first kappa shape index (κ1) is 7.71. The molecule has 1 saturated carbocycles. The average molecular weight is 249 g/mol. The Morgan fingerprint density at radius 3 is 2.39 bits per heavy atom. The van der Waals surface area contributed by atoms with Gasteiger partial charge in [-0.3, -0.25) is 0 Å². The fraction of sp³-hybridized carbons (Fsp3) is 0.600. The third-order valence-corrected chi connectivity index (χ3v) is 3.95. The van der Waals surface area contributed by atoms with Crippen LogP contribution in [0.25, 0.3) is 0 Å². The Bertz CT molecular complexity index is 629. The summed E-state index contributed by atoms with van der Waals surface area (Å²) in [5.41, 5.74) is -0.00415. The minimum Gasteiger partial charge on any atom is -0.399 e. The molecule has 1 aromatic rings. The molecular formula is C15H21BO2. The molecule has 2 fully saturated rings. The van der Waals surface area contributed by atoms with Crippen LogP contribution in [0.2, 0.25) is 0 Å². The van der Waals surface area contributed by atoms with Gasteiger partial charge in [0.15, 0.2) is 0 Å². The molecule has 1 saturated heterocycles. The summed E-state index contributed by atoms with van der Waals surface area (Å²) >= 11 is 0. The van der Waals surface area contributed by atoms with Gasteiger partial charge < -0.3 is 9.31 Å². The molecule has 0 unspecified atom stereocenters. The highest BCUT2D eigenvalue weighted by molar-refractivity contribution is 6.62. The lowest BCUT2D eigenvalue weighted by atomic mass is 9.78. The van der Waals surface area contributed by atoms with Crippen molar-refractivity contribution in [2.45, 2.75) is 57.5 Å². The average Bonchev–Trinajstić information content (AvgIpc) is 2.63. The zero-order valence-corrected chi connectivity index (χ0v) is 11.2. The summed E-state index contributed by atoms with van der Waals surface area (Å²) in [6.45, 7) is 7.78. The van der Waals surface area contributed by atoms with E-state index in [4.69, 9.17) is 16.2 Å². The molecule has 1 aliphatic heterocycles. The molecule has 0 atom stereocenters. The molecule has 0 aromatic heterocycles. The lowest BCUT2D eigenvalue weighted by Gasteiger charge is -2.32. The SMILES string of the molecule is [2H]C1([2H])C([2H])([2H])C1([2H])c1cccc(B2OC(C)(C)C(C)(C)O2)c1. The van der Waals surface area contributed by atoms with Gasteiger partial charge in [-0.25, -0.2) is 0 Å². The van der Waals surface area contributed by atoms with Gasteiger partial charge >= 0.3 is 7.12 Å². The standard InChI is InChI=1S/C15H21BO2/c1-14(2)15(3,4)18-16(17-14)13-7-5-6-12(10-13)11-8-9-11/h5-7,10-11H,8-9H2,1-4H3/i8D2,9D2,11D. The van der Waals surface area contributed by atoms with Crippen LogP contribution in [-0.4, -0.2) is 18.3 Å². The molecular weight excluding hydrogens is 223 g/mol. The maximum atomic E-state index is 8.28. The van der Waals surface area contributed by atoms with Crippen LogP contribution in [0, 0.1) is 0 Å². The third kappa shape index (κ3) is 2.00. The van der Waals surface area contributed by atoms with Crippen molar-refractivity contribution in [3.63, 3.8) is 0 Å². The minimum atomic E-state index is -2.21. The van der Waals surface area contributed by atoms with Crippen molar-refractivity contribution in [3.05, 3.63) is 29.8 Å². The van der Waals surface area contributed by atoms with Gasteiger partial charge in [-0.15, -0.1) is 0 Å². The first-order valence-electron chi connectivity index (χ1n) is 8.74. The molecule has 3 heteroatoms. The zero-order valence-electron chi connectivity index (χ0n) is 16.2. The minimum absolute atomic E-state index is 0.305. The fourth-order valence-corrected chi connectivity index (χ4v) is 2.00. The van der Waals surface area contributed by atoms with Crippen molar-refractivity contribution >= 4 is 12.6 Å². The molecule has 1 aliphatic carbocycles. The molecule has 96 valence electrons. The van der Waals surface area contributed by atoms with Crippen molar-refractivity contribution in [2.24, 2.45) is 0 Å². The van der Waals surface area contributed by atoms with E-state index in [2.05, 4.69) is 0 Å². The van der Waals surface area contributed by atoms with Crippen LogP contribution < -0.4 is 5.46 Å². The van der Waals surface area contributed by atoms with Crippen LogP contribution in [-0.2, 0) is 9.31 Å². The maximum absolute atomic E-state index is 8.28. The van der Waals surface area contributed by atoms with Crippen LogP contribution in [0.5, 0.6) is 0 Å². The van der Waals surface area contributed by atoms with Crippen LogP contribution in [0.3, 0.4) is 0 Å². The molecule has 0 amide bonds. The van der Waals surface area contributed by atoms with Crippen molar-refractivity contribution in [2.75, 3.05) is 0 Å². The van der Waals surface area contributed by atoms with Gasteiger partial charge in [0.05, 0.1) is 11.2 Å². The second-order valence-electron chi connectivity index (χ2n) is 5.84. The van der Waals surface area contributed by atoms with Crippen molar-refractivity contribution in [1.82, 2.24) is 0 Å². The largest absolute Gasteiger partial charge is 0.494 e. The highest BCUT2D eigenvalue weighted by Gasteiger charge is 2.51. The van der Waals surface area contributed by atoms with E-state index in [0.29, 0.717) is 11.0 Å². The monoisotopic (exact) mass is 249 g/mol. The number of rotatable bonds is 2. The van der Waals surface area contributed by atoms with E-state index < -0.39 is 37.0 Å². The zero-order chi connectivity index (χ0) is 17.5. The molecule has 0 spiro atoms. The maximum Gasteiger partial charge on any atom is 0.494 e. The lowest BCUT2D eigenvalue weighted by Crippen LogP contribution is -2.41. The van der Waals surface area contributed by atoms with E-state index >= 15 is 0 Å². The molecule has 18 heavy (non-hydrogen) atoms. The Kier molecular flexibility index (Phi) is 1.65. The van der Waals surface area contributed by atoms with E-state index in [1.165, 1.54) is 0 Å². The molecule has 2 nitrogen and oxygen atoms in total. The summed E-state index contributed by atoms with van der Waals surface area (Å²) in [6.07, 6.45) is -4.43. The smallest absolute Gasteiger partial charge is 0.399 e. The number of benzene rings is 1.